The van der Waals surface area contributed by atoms with E-state index >= 15 is 0 Å². The van der Waals surface area contributed by atoms with Crippen LogP contribution in [0.3, 0.4) is 0 Å². The molecule has 0 saturated heterocycles. The number of carbonyl (C=O) groups is 1. The Morgan fingerprint density at radius 1 is 1.22 bits per heavy atom. The number of thiophene rings is 1. The van der Waals surface area contributed by atoms with Crippen LogP contribution < -0.4 is 9.47 Å². The van der Waals surface area contributed by atoms with E-state index in [1.807, 2.05) is 35.5 Å². The molecule has 1 atom stereocenters. The summed E-state index contributed by atoms with van der Waals surface area (Å²) in [7, 11) is 0. The van der Waals surface area contributed by atoms with E-state index < -0.39 is 0 Å². The van der Waals surface area contributed by atoms with Crippen LogP contribution in [0.4, 0.5) is 0 Å². The Labute approximate surface area is 160 Å². The minimum absolute atomic E-state index is 0.0165. The van der Waals surface area contributed by atoms with Crippen LogP contribution in [-0.2, 0) is 6.54 Å². The number of carbonyl (C=O) groups excluding carboxylic acids is 1. The van der Waals surface area contributed by atoms with Gasteiger partial charge in [-0.3, -0.25) is 9.78 Å². The summed E-state index contributed by atoms with van der Waals surface area (Å²) < 4.78 is 13.4. The van der Waals surface area contributed by atoms with E-state index in [-0.39, 0.29) is 11.9 Å². The highest BCUT2D eigenvalue weighted by atomic mass is 32.1. The van der Waals surface area contributed by atoms with Gasteiger partial charge in [0.15, 0.2) is 11.5 Å². The van der Waals surface area contributed by atoms with Gasteiger partial charge in [-0.2, -0.15) is 0 Å². The van der Waals surface area contributed by atoms with E-state index in [2.05, 4.69) is 14.5 Å². The summed E-state index contributed by atoms with van der Waals surface area (Å²) >= 11 is 1.38. The Morgan fingerprint density at radius 3 is 2.89 bits per heavy atom. The summed E-state index contributed by atoms with van der Waals surface area (Å²) in [4.78, 5) is 24.4. The third-order valence-corrected chi connectivity index (χ3v) is 5.97. The van der Waals surface area contributed by atoms with Crippen molar-refractivity contribution >= 4 is 17.2 Å². The highest BCUT2D eigenvalue weighted by Crippen LogP contribution is 2.41. The standard InChI is InChI=1S/C19H18N4O3S/c1-12-14-10-21-18(13-2-4-20-5-3-13)23(14)7-6-22(12)19(24)17-16-15(11-27-17)25-8-9-26-16/h2-5,10-12H,6-9H2,1H3. The molecule has 0 radical (unpaired) electrons. The molecule has 27 heavy (non-hydrogen) atoms. The number of aromatic nitrogens is 3. The smallest absolute Gasteiger partial charge is 0.268 e. The van der Waals surface area contributed by atoms with Gasteiger partial charge >= 0.3 is 0 Å². The molecule has 0 fully saturated rings. The molecule has 2 aliphatic heterocycles. The molecule has 8 heteroatoms. The van der Waals surface area contributed by atoms with E-state index in [0.29, 0.717) is 42.7 Å². The number of imidazole rings is 1. The average Bonchev–Trinajstić information content (AvgIpc) is 3.33. The van der Waals surface area contributed by atoms with Crippen molar-refractivity contribution in [2.45, 2.75) is 19.5 Å². The summed E-state index contributed by atoms with van der Waals surface area (Å²) in [5.41, 5.74) is 2.06. The maximum absolute atomic E-state index is 13.2. The molecular formula is C19H18N4O3S. The van der Waals surface area contributed by atoms with E-state index in [9.17, 15) is 4.79 Å². The first-order valence-electron chi connectivity index (χ1n) is 8.88. The Kier molecular flexibility index (Phi) is 3.86. The minimum Gasteiger partial charge on any atom is -0.485 e. The van der Waals surface area contributed by atoms with Crippen LogP contribution in [0.2, 0.25) is 0 Å². The van der Waals surface area contributed by atoms with Crippen molar-refractivity contribution in [3.63, 3.8) is 0 Å². The van der Waals surface area contributed by atoms with E-state index in [1.54, 1.807) is 12.4 Å². The van der Waals surface area contributed by atoms with Gasteiger partial charge in [0.2, 0.25) is 0 Å². The van der Waals surface area contributed by atoms with Gasteiger partial charge in [0.25, 0.3) is 5.91 Å². The van der Waals surface area contributed by atoms with Gasteiger partial charge in [0, 0.05) is 36.4 Å². The average molecular weight is 382 g/mol. The lowest BCUT2D eigenvalue weighted by molar-refractivity contribution is 0.0641. The third-order valence-electron chi connectivity index (χ3n) is 5.04. The van der Waals surface area contributed by atoms with Crippen molar-refractivity contribution in [1.82, 2.24) is 19.4 Å². The lowest BCUT2D eigenvalue weighted by Gasteiger charge is -2.35. The lowest BCUT2D eigenvalue weighted by Crippen LogP contribution is -2.40. The zero-order chi connectivity index (χ0) is 18.4. The topological polar surface area (TPSA) is 69.5 Å². The zero-order valence-corrected chi connectivity index (χ0v) is 15.6. The van der Waals surface area contributed by atoms with Crippen LogP contribution in [0.5, 0.6) is 11.5 Å². The highest BCUT2D eigenvalue weighted by molar-refractivity contribution is 7.12. The fourth-order valence-electron chi connectivity index (χ4n) is 3.67. The second-order valence-corrected chi connectivity index (χ2v) is 7.40. The maximum atomic E-state index is 13.2. The summed E-state index contributed by atoms with van der Waals surface area (Å²) in [6, 6.07) is 3.83. The van der Waals surface area contributed by atoms with Crippen molar-refractivity contribution < 1.29 is 14.3 Å². The molecule has 7 nitrogen and oxygen atoms in total. The predicted octanol–water partition coefficient (Wildman–Crippen LogP) is 2.99. The first kappa shape index (κ1) is 16.3. The molecular weight excluding hydrogens is 364 g/mol. The number of hydrogen-bond acceptors (Lipinski definition) is 6. The molecule has 138 valence electrons. The lowest BCUT2D eigenvalue weighted by atomic mass is 10.1. The van der Waals surface area contributed by atoms with Crippen LogP contribution in [-0.4, -0.2) is 45.1 Å². The Balaban J connectivity index is 1.45. The van der Waals surface area contributed by atoms with Gasteiger partial charge in [-0.15, -0.1) is 11.3 Å². The summed E-state index contributed by atoms with van der Waals surface area (Å²) in [5, 5.41) is 1.85. The zero-order valence-electron chi connectivity index (χ0n) is 14.8. The molecule has 2 aliphatic rings. The van der Waals surface area contributed by atoms with Crippen LogP contribution in [0.25, 0.3) is 11.4 Å². The van der Waals surface area contributed by atoms with E-state index in [1.165, 1.54) is 11.3 Å². The van der Waals surface area contributed by atoms with Crippen LogP contribution in [0.1, 0.15) is 28.3 Å². The number of rotatable bonds is 2. The number of fused-ring (bicyclic) bond motifs is 2. The van der Waals surface area contributed by atoms with Crippen molar-refractivity contribution in [2.75, 3.05) is 19.8 Å². The molecule has 3 aromatic heterocycles. The molecule has 0 aliphatic carbocycles. The molecule has 0 aromatic carbocycles. The fraction of sp³-hybridized carbons (Fsp3) is 0.316. The summed E-state index contributed by atoms with van der Waals surface area (Å²) in [6.07, 6.45) is 5.39. The SMILES string of the molecule is CC1c2cnc(-c3ccncc3)n2CCN1C(=O)c1scc2c1OCCO2. The van der Waals surface area contributed by atoms with Crippen molar-refractivity contribution in [2.24, 2.45) is 0 Å². The predicted molar refractivity (Wildman–Crippen MR) is 100 cm³/mol. The van der Waals surface area contributed by atoms with Gasteiger partial charge in [0.05, 0.1) is 17.9 Å². The second kappa shape index (κ2) is 6.38. The molecule has 0 bridgehead atoms. The number of pyridine rings is 1. The van der Waals surface area contributed by atoms with Crippen molar-refractivity contribution in [3.05, 3.63) is 46.7 Å². The Morgan fingerprint density at radius 2 is 2.04 bits per heavy atom. The second-order valence-electron chi connectivity index (χ2n) is 6.52. The van der Waals surface area contributed by atoms with E-state index in [4.69, 9.17) is 9.47 Å². The van der Waals surface area contributed by atoms with Crippen LogP contribution in [0, 0.1) is 0 Å². The van der Waals surface area contributed by atoms with Gasteiger partial charge in [-0.25, -0.2) is 4.98 Å². The molecule has 1 unspecified atom stereocenters. The molecule has 0 N–H and O–H groups in total. The highest BCUT2D eigenvalue weighted by Gasteiger charge is 2.34. The summed E-state index contributed by atoms with van der Waals surface area (Å²) in [5.74, 6) is 2.15. The number of hydrogen-bond donors (Lipinski definition) is 0. The molecule has 0 saturated carbocycles. The van der Waals surface area contributed by atoms with Gasteiger partial charge in [-0.1, -0.05) is 0 Å². The van der Waals surface area contributed by atoms with Crippen molar-refractivity contribution in [1.29, 1.82) is 0 Å². The number of ether oxygens (including phenoxy) is 2. The summed E-state index contributed by atoms with van der Waals surface area (Å²) in [6.45, 7) is 4.36. The van der Waals surface area contributed by atoms with Crippen LogP contribution in [0.15, 0.2) is 36.1 Å². The first-order valence-corrected chi connectivity index (χ1v) is 9.76. The minimum atomic E-state index is -0.0726. The number of amides is 1. The molecule has 0 spiro atoms. The van der Waals surface area contributed by atoms with Gasteiger partial charge in [-0.05, 0) is 19.1 Å². The quantitative estimate of drug-likeness (QED) is 0.681. The van der Waals surface area contributed by atoms with Gasteiger partial charge < -0.3 is 18.9 Å². The normalized spacial score (nSPS) is 18.3. The maximum Gasteiger partial charge on any atom is 0.268 e. The molecule has 5 heterocycles. The molecule has 3 aromatic rings. The Bertz CT molecular complexity index is 998. The third kappa shape index (κ3) is 2.59. The van der Waals surface area contributed by atoms with E-state index in [0.717, 1.165) is 17.1 Å². The first-order chi connectivity index (χ1) is 13.2. The van der Waals surface area contributed by atoms with Gasteiger partial charge in [0.1, 0.15) is 23.9 Å². The Hall–Kier alpha value is -2.87. The monoisotopic (exact) mass is 382 g/mol. The van der Waals surface area contributed by atoms with Crippen LogP contribution >= 0.6 is 11.3 Å². The molecule has 5 rings (SSSR count). The fourth-order valence-corrected chi connectivity index (χ4v) is 4.55. The van der Waals surface area contributed by atoms with Crippen molar-refractivity contribution in [3.8, 4) is 22.9 Å². The largest absolute Gasteiger partial charge is 0.485 e. The molecule has 1 amide bonds. The number of nitrogens with zero attached hydrogens (tertiary/aromatic N) is 4.